The second-order valence-electron chi connectivity index (χ2n) is 12.1. The molecule has 47 heavy (non-hydrogen) atoms. The molecule has 7 rings (SSSR count). The Balaban J connectivity index is 1.03. The van der Waals surface area contributed by atoms with Crippen LogP contribution in [0.3, 0.4) is 0 Å². The Labute approximate surface area is 274 Å². The van der Waals surface area contributed by atoms with Gasteiger partial charge in [-0.1, -0.05) is 17.7 Å². The van der Waals surface area contributed by atoms with Gasteiger partial charge in [0, 0.05) is 65.4 Å². The third-order valence-electron chi connectivity index (χ3n) is 8.50. The Morgan fingerprint density at radius 2 is 1.91 bits per heavy atom. The van der Waals surface area contributed by atoms with Crippen LogP contribution in [-0.4, -0.2) is 85.9 Å². The van der Waals surface area contributed by atoms with Gasteiger partial charge in [-0.05, 0) is 43.0 Å². The smallest absolute Gasteiger partial charge is 0.451 e. The number of nitrogens with zero attached hydrogens (tertiary/aromatic N) is 8. The zero-order valence-corrected chi connectivity index (χ0v) is 28.0. The highest BCUT2D eigenvalue weighted by Crippen LogP contribution is 2.31. The van der Waals surface area contributed by atoms with Gasteiger partial charge in [-0.3, -0.25) is 4.90 Å². The Bertz CT molecular complexity index is 1910. The number of rotatable bonds is 9. The van der Waals surface area contributed by atoms with E-state index in [0.29, 0.717) is 52.1 Å². The molecule has 0 unspecified atom stereocenters. The maximum Gasteiger partial charge on any atom is 0.451 e. The van der Waals surface area contributed by atoms with E-state index in [1.165, 1.54) is 12.3 Å². The fourth-order valence-electron chi connectivity index (χ4n) is 5.83. The first-order valence-corrected chi connectivity index (χ1v) is 16.5. The van der Waals surface area contributed by atoms with Crippen molar-refractivity contribution >= 4 is 33.0 Å². The fraction of sp³-hybridized carbons (Fsp3) is 0.400. The van der Waals surface area contributed by atoms with Gasteiger partial charge in [-0.25, -0.2) is 19.3 Å². The van der Waals surface area contributed by atoms with Gasteiger partial charge in [0.2, 0.25) is 11.7 Å². The highest BCUT2D eigenvalue weighted by molar-refractivity contribution is 6.30. The third-order valence-corrected chi connectivity index (χ3v) is 9.84. The Morgan fingerprint density at radius 3 is 2.62 bits per heavy atom. The summed E-state index contributed by atoms with van der Waals surface area (Å²) in [5.74, 6) is 0.0966. The quantitative estimate of drug-likeness (QED) is 0.182. The summed E-state index contributed by atoms with van der Waals surface area (Å²) in [7, 11) is 0.828. The van der Waals surface area contributed by atoms with E-state index in [1.807, 2.05) is 0 Å². The van der Waals surface area contributed by atoms with E-state index in [-0.39, 0.29) is 23.6 Å². The number of alkyl halides is 3. The molecule has 6 heterocycles. The average molecular weight is 688 g/mol. The van der Waals surface area contributed by atoms with Crippen LogP contribution in [0.5, 0.6) is 5.88 Å². The van der Waals surface area contributed by atoms with Crippen molar-refractivity contribution < 1.29 is 27.0 Å². The first-order valence-electron chi connectivity index (χ1n) is 15.2. The molecule has 0 aliphatic carbocycles. The van der Waals surface area contributed by atoms with Crippen LogP contribution in [0.25, 0.3) is 22.6 Å². The minimum Gasteiger partial charge on any atom is -0.474 e. The molecule has 0 bridgehead atoms. The number of aromatic nitrogens is 8. The monoisotopic (exact) mass is 687 g/mol. The van der Waals surface area contributed by atoms with E-state index >= 15 is 0 Å². The molecule has 5 aromatic rings. The summed E-state index contributed by atoms with van der Waals surface area (Å²) in [6.07, 6.45) is 1.10. The molecule has 1 N–H and O–H groups in total. The number of likely N-dealkylation sites (tertiary alicyclic amines) is 1. The summed E-state index contributed by atoms with van der Waals surface area (Å²) in [6, 6.07) is 7.91. The first kappa shape index (κ1) is 31.6. The topological polar surface area (TPSA) is 120 Å². The highest BCUT2D eigenvalue weighted by Gasteiger charge is 2.36. The molecule has 17 heteroatoms. The van der Waals surface area contributed by atoms with Crippen molar-refractivity contribution in [2.75, 3.05) is 19.7 Å². The van der Waals surface area contributed by atoms with Crippen LogP contribution < -0.4 is 4.74 Å². The van der Waals surface area contributed by atoms with Crippen LogP contribution >= 0.6 is 11.6 Å². The van der Waals surface area contributed by atoms with E-state index < -0.39 is 17.8 Å². The number of fused-ring (bicyclic) bond motifs is 1. The lowest BCUT2D eigenvalue weighted by Gasteiger charge is -2.39. The van der Waals surface area contributed by atoms with Crippen molar-refractivity contribution in [3.63, 3.8) is 0 Å². The van der Waals surface area contributed by atoms with Gasteiger partial charge in [0.1, 0.15) is 29.1 Å². The minimum absolute atomic E-state index is 0.0282. The van der Waals surface area contributed by atoms with Crippen LogP contribution in [0.15, 0.2) is 42.7 Å². The number of ether oxygens (including phenoxy) is 2. The molecule has 2 aliphatic heterocycles. The van der Waals surface area contributed by atoms with E-state index in [2.05, 4.69) is 39.6 Å². The molecule has 2 saturated heterocycles. The molecule has 2 aliphatic rings. The number of aromatic amines is 1. The van der Waals surface area contributed by atoms with Gasteiger partial charge in [-0.15, -0.1) is 10.2 Å². The number of nitrogens with one attached hydrogen (secondary N) is 1. The second kappa shape index (κ2) is 12.6. The van der Waals surface area contributed by atoms with Crippen LogP contribution in [-0.2, 0) is 30.4 Å². The molecule has 246 valence electrons. The molecule has 11 nitrogen and oxygen atoms in total. The Kier molecular flexibility index (Phi) is 8.44. The molecule has 0 radical (unpaired) electrons. The lowest BCUT2D eigenvalue weighted by Crippen LogP contribution is -2.48. The molecule has 1 aromatic carbocycles. The maximum absolute atomic E-state index is 14.3. The number of halogens is 5. The number of benzene rings is 1. The number of piperidine rings is 1. The van der Waals surface area contributed by atoms with E-state index in [1.54, 1.807) is 30.5 Å². The van der Waals surface area contributed by atoms with Crippen molar-refractivity contribution in [3.05, 3.63) is 76.6 Å². The van der Waals surface area contributed by atoms with Gasteiger partial charge in [0.15, 0.2) is 11.5 Å². The minimum atomic E-state index is -4.63. The van der Waals surface area contributed by atoms with Gasteiger partial charge in [0.25, 0.3) is 0 Å². The molecule has 1 atom stereocenters. The maximum atomic E-state index is 14.3. The van der Waals surface area contributed by atoms with Crippen molar-refractivity contribution in [2.24, 2.45) is 0 Å². The van der Waals surface area contributed by atoms with Crippen molar-refractivity contribution in [2.45, 2.75) is 56.3 Å². The molecule has 0 amide bonds. The molecule has 4 aromatic heterocycles. The summed E-state index contributed by atoms with van der Waals surface area (Å²) in [5.41, 5.74) is 2.01. The van der Waals surface area contributed by atoms with Crippen LogP contribution in [0, 0.1) is 5.82 Å². The standard InChI is InChI=1S/C30H30ClF4N9O2Si/c31-19-2-1-17(21(32)13-19)12-23-36-7-3-25(39-23)46-20-4-8-43(9-5-20)15-24-38-22-11-18(26-40-28(42-41-26)30(33,34)35)14-37-27(22)44(24)16-29(47)6-10-45-29/h1-3,7,11,13-14,20H,4-6,8-10,12,15-16H2,47H3,(H,40,41,42)/t29-/m1/s1. The molecule has 0 saturated carbocycles. The van der Waals surface area contributed by atoms with Gasteiger partial charge in [-0.2, -0.15) is 18.2 Å². The highest BCUT2D eigenvalue weighted by atomic mass is 35.5. The van der Waals surface area contributed by atoms with Crippen LogP contribution in [0.1, 0.15) is 42.3 Å². The second-order valence-corrected chi connectivity index (χ2v) is 14.3. The SMILES string of the molecule is Fc1cc(Cl)ccc1Cc1nccc(OC2CCN(Cc3nc4cc(-c5nnc(C(F)(F)F)[nH]5)cnc4n3C[C@]3([SiH3])CCO3)CC2)n1. The molecular weight excluding hydrogens is 658 g/mol. The fourth-order valence-corrected chi connectivity index (χ4v) is 6.71. The predicted molar refractivity (Wildman–Crippen MR) is 166 cm³/mol. The largest absolute Gasteiger partial charge is 0.474 e. The Morgan fingerprint density at radius 1 is 1.11 bits per heavy atom. The van der Waals surface area contributed by atoms with Gasteiger partial charge < -0.3 is 19.0 Å². The number of pyridine rings is 1. The summed E-state index contributed by atoms with van der Waals surface area (Å²) in [4.78, 5) is 22.8. The Hall–Kier alpha value is -3.99. The number of H-pyrrole nitrogens is 1. The van der Waals surface area contributed by atoms with Gasteiger partial charge >= 0.3 is 6.18 Å². The van der Waals surface area contributed by atoms with Crippen molar-refractivity contribution in [1.82, 2.24) is 44.6 Å². The van der Waals surface area contributed by atoms with Gasteiger partial charge in [0.05, 0.1) is 18.3 Å². The number of hydrogen-bond donors (Lipinski definition) is 1. The van der Waals surface area contributed by atoms with Crippen LogP contribution in [0.4, 0.5) is 17.6 Å². The molecule has 2 fully saturated rings. The third kappa shape index (κ3) is 7.00. The van der Waals surface area contributed by atoms with Crippen molar-refractivity contribution in [3.8, 4) is 17.3 Å². The lowest BCUT2D eigenvalue weighted by atomic mass is 10.1. The average Bonchev–Trinajstić information content (AvgIpc) is 3.65. The molecular formula is C30H30ClF4N9O2Si. The summed E-state index contributed by atoms with van der Waals surface area (Å²) in [5, 5.41) is 7.02. The summed E-state index contributed by atoms with van der Waals surface area (Å²) in [6.45, 7) is 3.38. The van der Waals surface area contributed by atoms with E-state index in [9.17, 15) is 17.6 Å². The van der Waals surface area contributed by atoms with E-state index in [0.717, 1.165) is 55.0 Å². The zero-order chi connectivity index (χ0) is 32.8. The van der Waals surface area contributed by atoms with E-state index in [4.69, 9.17) is 26.1 Å². The summed E-state index contributed by atoms with van der Waals surface area (Å²) < 4.78 is 67.7. The normalized spacial score (nSPS) is 19.3. The predicted octanol–water partition coefficient (Wildman–Crippen LogP) is 3.93. The lowest BCUT2D eigenvalue weighted by molar-refractivity contribution is -0.144. The zero-order valence-electron chi connectivity index (χ0n) is 25.3. The van der Waals surface area contributed by atoms with Crippen molar-refractivity contribution in [1.29, 1.82) is 0 Å². The number of hydrogen-bond acceptors (Lipinski definition) is 9. The summed E-state index contributed by atoms with van der Waals surface area (Å²) >= 11 is 5.87. The molecule has 0 spiro atoms. The first-order chi connectivity index (χ1) is 22.5. The van der Waals surface area contributed by atoms with Crippen LogP contribution in [0.2, 0.25) is 5.02 Å². The number of imidazole rings is 1.